The number of pyridine rings is 1. The molecule has 0 aliphatic rings. The van der Waals surface area contributed by atoms with E-state index in [0.29, 0.717) is 0 Å². The van der Waals surface area contributed by atoms with Crippen LogP contribution >= 0.6 is 0 Å². The zero-order chi connectivity index (χ0) is 11.4. The van der Waals surface area contributed by atoms with Crippen molar-refractivity contribution in [3.05, 3.63) is 36.3 Å². The minimum Gasteiger partial charge on any atom is -0.309 e. The molecule has 4 nitrogen and oxygen atoms in total. The number of hydrogen-bond donors (Lipinski definition) is 1. The SMILES string of the molecule is CN(C)CCc1cc(-c2ccncc2)n[nH]1. The van der Waals surface area contributed by atoms with Gasteiger partial charge in [-0.3, -0.25) is 10.1 Å². The van der Waals surface area contributed by atoms with Crippen LogP contribution in [0.25, 0.3) is 11.3 Å². The maximum absolute atomic E-state index is 4.29. The first-order valence-corrected chi connectivity index (χ1v) is 5.35. The maximum atomic E-state index is 4.29. The van der Waals surface area contributed by atoms with Crippen LogP contribution in [0.2, 0.25) is 0 Å². The van der Waals surface area contributed by atoms with Crippen molar-refractivity contribution in [2.24, 2.45) is 0 Å². The van der Waals surface area contributed by atoms with Gasteiger partial charge < -0.3 is 4.90 Å². The molecule has 0 amide bonds. The predicted octanol–water partition coefficient (Wildman–Crippen LogP) is 1.58. The Morgan fingerprint density at radius 1 is 1.25 bits per heavy atom. The first kappa shape index (κ1) is 10.8. The maximum Gasteiger partial charge on any atom is 0.0924 e. The van der Waals surface area contributed by atoms with Crippen LogP contribution in [-0.4, -0.2) is 40.7 Å². The summed E-state index contributed by atoms with van der Waals surface area (Å²) in [4.78, 5) is 6.15. The molecule has 16 heavy (non-hydrogen) atoms. The van der Waals surface area contributed by atoms with Crippen LogP contribution in [0, 0.1) is 0 Å². The third-order valence-corrected chi connectivity index (χ3v) is 2.44. The van der Waals surface area contributed by atoms with E-state index in [1.54, 1.807) is 12.4 Å². The summed E-state index contributed by atoms with van der Waals surface area (Å²) in [6.07, 6.45) is 4.55. The highest BCUT2D eigenvalue weighted by molar-refractivity contribution is 5.58. The van der Waals surface area contributed by atoms with Crippen LogP contribution in [-0.2, 0) is 6.42 Å². The smallest absolute Gasteiger partial charge is 0.0924 e. The Kier molecular flexibility index (Phi) is 3.31. The van der Waals surface area contributed by atoms with E-state index in [4.69, 9.17) is 0 Å². The number of hydrogen-bond acceptors (Lipinski definition) is 3. The minimum atomic E-state index is 0.983. The zero-order valence-electron chi connectivity index (χ0n) is 9.64. The highest BCUT2D eigenvalue weighted by atomic mass is 15.1. The highest BCUT2D eigenvalue weighted by Gasteiger charge is 2.03. The Balaban J connectivity index is 2.08. The standard InChI is InChI=1S/C12H16N4/c1-16(2)8-5-11-9-12(15-14-11)10-3-6-13-7-4-10/h3-4,6-7,9H,5,8H2,1-2H3,(H,14,15). The van der Waals surface area contributed by atoms with E-state index in [2.05, 4.69) is 40.2 Å². The quantitative estimate of drug-likeness (QED) is 0.843. The van der Waals surface area contributed by atoms with E-state index in [1.807, 2.05) is 12.1 Å². The largest absolute Gasteiger partial charge is 0.309 e. The van der Waals surface area contributed by atoms with Gasteiger partial charge in [-0.1, -0.05) is 0 Å². The summed E-state index contributed by atoms with van der Waals surface area (Å²) in [5.41, 5.74) is 3.25. The molecule has 4 heteroatoms. The number of nitrogens with one attached hydrogen (secondary N) is 1. The average Bonchev–Trinajstić information content (AvgIpc) is 2.76. The summed E-state index contributed by atoms with van der Waals surface area (Å²) in [5.74, 6) is 0. The summed E-state index contributed by atoms with van der Waals surface area (Å²) in [6, 6.07) is 6.02. The van der Waals surface area contributed by atoms with Gasteiger partial charge in [-0.25, -0.2) is 0 Å². The number of aromatic nitrogens is 3. The molecule has 0 aliphatic carbocycles. The number of aromatic amines is 1. The fraction of sp³-hybridized carbons (Fsp3) is 0.333. The van der Waals surface area contributed by atoms with Gasteiger partial charge in [-0.2, -0.15) is 5.10 Å². The first-order valence-electron chi connectivity index (χ1n) is 5.35. The summed E-state index contributed by atoms with van der Waals surface area (Å²) >= 11 is 0. The number of H-pyrrole nitrogens is 1. The molecule has 0 aliphatic heterocycles. The van der Waals surface area contributed by atoms with Crippen molar-refractivity contribution in [2.75, 3.05) is 20.6 Å². The number of nitrogens with zero attached hydrogens (tertiary/aromatic N) is 3. The van der Waals surface area contributed by atoms with Crippen LogP contribution in [0.3, 0.4) is 0 Å². The lowest BCUT2D eigenvalue weighted by atomic mass is 10.2. The normalized spacial score (nSPS) is 10.9. The Morgan fingerprint density at radius 3 is 2.69 bits per heavy atom. The molecule has 2 aromatic rings. The molecule has 0 radical (unpaired) electrons. The van der Waals surface area contributed by atoms with Gasteiger partial charge in [0.05, 0.1) is 5.69 Å². The van der Waals surface area contributed by atoms with Crippen molar-refractivity contribution in [1.82, 2.24) is 20.1 Å². The molecule has 2 aromatic heterocycles. The Morgan fingerprint density at radius 2 is 2.00 bits per heavy atom. The lowest BCUT2D eigenvalue weighted by molar-refractivity contribution is 0.411. The first-order chi connectivity index (χ1) is 7.75. The molecule has 0 aromatic carbocycles. The van der Waals surface area contributed by atoms with E-state index in [1.165, 1.54) is 5.69 Å². The van der Waals surface area contributed by atoms with Gasteiger partial charge in [-0.15, -0.1) is 0 Å². The van der Waals surface area contributed by atoms with Crippen molar-refractivity contribution >= 4 is 0 Å². The summed E-state index contributed by atoms with van der Waals surface area (Å²) in [5, 5.41) is 7.36. The van der Waals surface area contributed by atoms with Crippen LogP contribution < -0.4 is 0 Å². The molecule has 0 spiro atoms. The van der Waals surface area contributed by atoms with E-state index >= 15 is 0 Å². The van der Waals surface area contributed by atoms with Crippen LogP contribution in [0.4, 0.5) is 0 Å². The highest BCUT2D eigenvalue weighted by Crippen LogP contribution is 2.16. The fourth-order valence-corrected chi connectivity index (χ4v) is 1.50. The molecule has 0 bridgehead atoms. The molecule has 0 unspecified atom stereocenters. The van der Waals surface area contributed by atoms with Crippen LogP contribution in [0.15, 0.2) is 30.6 Å². The van der Waals surface area contributed by atoms with Gasteiger partial charge in [0.25, 0.3) is 0 Å². The van der Waals surface area contributed by atoms with Crippen molar-refractivity contribution in [2.45, 2.75) is 6.42 Å². The lowest BCUT2D eigenvalue weighted by Crippen LogP contribution is -2.15. The van der Waals surface area contributed by atoms with Gasteiger partial charge in [0.15, 0.2) is 0 Å². The van der Waals surface area contributed by atoms with Gasteiger partial charge in [0.2, 0.25) is 0 Å². The van der Waals surface area contributed by atoms with Gasteiger partial charge in [-0.05, 0) is 32.3 Å². The second kappa shape index (κ2) is 4.90. The zero-order valence-corrected chi connectivity index (χ0v) is 9.64. The van der Waals surface area contributed by atoms with Gasteiger partial charge in [0, 0.05) is 36.6 Å². The average molecular weight is 216 g/mol. The van der Waals surface area contributed by atoms with E-state index < -0.39 is 0 Å². The van der Waals surface area contributed by atoms with Gasteiger partial charge in [0.1, 0.15) is 0 Å². The van der Waals surface area contributed by atoms with Crippen molar-refractivity contribution in [3.8, 4) is 11.3 Å². The minimum absolute atomic E-state index is 0.983. The lowest BCUT2D eigenvalue weighted by Gasteiger charge is -2.06. The fourth-order valence-electron chi connectivity index (χ4n) is 1.50. The molecule has 2 heterocycles. The monoisotopic (exact) mass is 216 g/mol. The van der Waals surface area contributed by atoms with Crippen LogP contribution in [0.5, 0.6) is 0 Å². The number of rotatable bonds is 4. The van der Waals surface area contributed by atoms with Gasteiger partial charge >= 0.3 is 0 Å². The topological polar surface area (TPSA) is 44.8 Å². The van der Waals surface area contributed by atoms with E-state index in [0.717, 1.165) is 24.2 Å². The Labute approximate surface area is 95.3 Å². The Hall–Kier alpha value is -1.68. The molecule has 0 fully saturated rings. The predicted molar refractivity (Wildman–Crippen MR) is 64.1 cm³/mol. The van der Waals surface area contributed by atoms with E-state index in [-0.39, 0.29) is 0 Å². The van der Waals surface area contributed by atoms with E-state index in [9.17, 15) is 0 Å². The van der Waals surface area contributed by atoms with Crippen molar-refractivity contribution < 1.29 is 0 Å². The molecule has 0 atom stereocenters. The molecular formula is C12H16N4. The van der Waals surface area contributed by atoms with Crippen molar-refractivity contribution in [3.63, 3.8) is 0 Å². The molecule has 0 saturated carbocycles. The number of likely N-dealkylation sites (N-methyl/N-ethyl adjacent to an activating group) is 1. The second-order valence-electron chi connectivity index (χ2n) is 4.07. The third kappa shape index (κ3) is 2.67. The molecule has 84 valence electrons. The van der Waals surface area contributed by atoms with Crippen molar-refractivity contribution in [1.29, 1.82) is 0 Å². The second-order valence-corrected chi connectivity index (χ2v) is 4.07. The summed E-state index contributed by atoms with van der Waals surface area (Å²) < 4.78 is 0. The molecule has 1 N–H and O–H groups in total. The molecular weight excluding hydrogens is 200 g/mol. The molecule has 0 saturated heterocycles. The molecule has 2 rings (SSSR count). The third-order valence-electron chi connectivity index (χ3n) is 2.44. The van der Waals surface area contributed by atoms with Crippen LogP contribution in [0.1, 0.15) is 5.69 Å². The summed E-state index contributed by atoms with van der Waals surface area (Å²) in [6.45, 7) is 1.03. The Bertz CT molecular complexity index is 433. The summed E-state index contributed by atoms with van der Waals surface area (Å²) in [7, 11) is 4.14.